The Morgan fingerprint density at radius 1 is 1.05 bits per heavy atom. The average molecular weight is 516 g/mol. The lowest BCUT2D eigenvalue weighted by molar-refractivity contribution is -0.110. The van der Waals surface area contributed by atoms with Gasteiger partial charge in [0.05, 0.1) is 11.1 Å². The van der Waals surface area contributed by atoms with Crippen molar-refractivity contribution >= 4 is 29.0 Å². The number of nitrogens with one attached hydrogen (secondary N) is 1. The Labute approximate surface area is 223 Å². The molecule has 5 nitrogen and oxygen atoms in total. The van der Waals surface area contributed by atoms with Gasteiger partial charge in [-0.1, -0.05) is 12.8 Å². The highest BCUT2D eigenvalue weighted by molar-refractivity contribution is 7.08. The molecule has 2 aromatic carbocycles. The maximum absolute atomic E-state index is 11.0. The molecule has 6 heteroatoms. The first-order valence-corrected chi connectivity index (χ1v) is 14.4. The fourth-order valence-electron chi connectivity index (χ4n) is 5.56. The van der Waals surface area contributed by atoms with Gasteiger partial charge in [-0.15, -0.1) is 0 Å². The van der Waals surface area contributed by atoms with Gasteiger partial charge in [-0.05, 0) is 104 Å². The summed E-state index contributed by atoms with van der Waals surface area (Å²) in [6.45, 7) is 2.23. The number of carbonyl (C=O) groups excluding carboxylic acids is 1. The first kappa shape index (κ1) is 25.7. The summed E-state index contributed by atoms with van der Waals surface area (Å²) in [5.41, 5.74) is 4.55. The zero-order chi connectivity index (χ0) is 25.6. The molecule has 3 heterocycles. The second-order valence-electron chi connectivity index (χ2n) is 10.4. The van der Waals surface area contributed by atoms with Crippen molar-refractivity contribution in [2.75, 3.05) is 32.5 Å². The third kappa shape index (κ3) is 6.13. The van der Waals surface area contributed by atoms with Crippen LogP contribution in [0.3, 0.4) is 0 Å². The van der Waals surface area contributed by atoms with Gasteiger partial charge in [0, 0.05) is 42.5 Å². The van der Waals surface area contributed by atoms with Crippen molar-refractivity contribution in [3.05, 3.63) is 81.0 Å². The van der Waals surface area contributed by atoms with Gasteiger partial charge in [-0.2, -0.15) is 11.3 Å². The molecule has 0 spiro atoms. The summed E-state index contributed by atoms with van der Waals surface area (Å²) in [6, 6.07) is 16.7. The molecule has 1 saturated heterocycles. The van der Waals surface area contributed by atoms with Crippen LogP contribution in [0.15, 0.2) is 64.3 Å². The van der Waals surface area contributed by atoms with E-state index in [-0.39, 0.29) is 5.92 Å². The van der Waals surface area contributed by atoms with Gasteiger partial charge < -0.3 is 19.7 Å². The quantitative estimate of drug-likeness (QED) is 0.439. The lowest BCUT2D eigenvalue weighted by Gasteiger charge is -2.29. The highest BCUT2D eigenvalue weighted by atomic mass is 32.1. The van der Waals surface area contributed by atoms with Crippen LogP contribution < -0.4 is 20.6 Å². The molecule has 0 bridgehead atoms. The Bertz CT molecular complexity index is 1290. The number of anilines is 1. The minimum Gasteiger partial charge on any atom is -0.490 e. The summed E-state index contributed by atoms with van der Waals surface area (Å²) in [7, 11) is 4.11. The predicted molar refractivity (Wildman–Crippen MR) is 152 cm³/mol. The number of thiophene rings is 1. The summed E-state index contributed by atoms with van der Waals surface area (Å²) >= 11 is 1.68. The van der Waals surface area contributed by atoms with E-state index >= 15 is 0 Å². The first-order valence-electron chi connectivity index (χ1n) is 13.5. The largest absolute Gasteiger partial charge is 0.490 e. The van der Waals surface area contributed by atoms with Crippen LogP contribution in [0, 0.1) is 5.92 Å². The number of piperidine rings is 1. The van der Waals surface area contributed by atoms with Gasteiger partial charge >= 0.3 is 0 Å². The Morgan fingerprint density at radius 2 is 1.81 bits per heavy atom. The number of aldehydes is 1. The van der Waals surface area contributed by atoms with Crippen LogP contribution >= 0.6 is 11.3 Å². The zero-order valence-electron chi connectivity index (χ0n) is 21.9. The SMILES string of the molecule is CNc1ccc2c(c1)=C(c1ccc(OC3CCN(C)CC3)cc1)N=2.O=CC(c1ccsc1)C1CCCC1. The lowest BCUT2D eigenvalue weighted by Crippen LogP contribution is -2.35. The van der Waals surface area contributed by atoms with Crippen LogP contribution in [-0.4, -0.2) is 44.5 Å². The standard InChI is InChI=1S/C20H23N3O.C11H14OS/c1-21-15-5-8-19-18(13-15)20(22-19)14-3-6-16(7-4-14)24-17-9-11-23(2)12-10-17;12-7-11(9-3-1-2-4-9)10-5-6-13-8-10/h3-8,13,17,21H,9-12H2,1-2H3;5-9,11H,1-4H2. The molecule has 1 unspecified atom stereocenters. The van der Waals surface area contributed by atoms with E-state index in [2.05, 4.69) is 81.5 Å². The van der Waals surface area contributed by atoms with Crippen molar-refractivity contribution < 1.29 is 9.53 Å². The van der Waals surface area contributed by atoms with E-state index in [1.165, 1.54) is 36.5 Å². The fraction of sp³-hybridized carbons (Fsp3) is 0.419. The van der Waals surface area contributed by atoms with Gasteiger partial charge in [0.1, 0.15) is 18.1 Å². The number of hydrogen-bond donors (Lipinski definition) is 1. The van der Waals surface area contributed by atoms with E-state index in [4.69, 9.17) is 4.74 Å². The first-order chi connectivity index (χ1) is 18.1. The molecule has 3 aromatic rings. The highest BCUT2D eigenvalue weighted by Crippen LogP contribution is 2.36. The van der Waals surface area contributed by atoms with Gasteiger partial charge in [-0.25, -0.2) is 4.99 Å². The summed E-state index contributed by atoms with van der Waals surface area (Å²) in [4.78, 5) is 18.0. The van der Waals surface area contributed by atoms with Crippen molar-refractivity contribution in [1.82, 2.24) is 4.90 Å². The molecule has 0 radical (unpaired) electrons. The van der Waals surface area contributed by atoms with Gasteiger partial charge in [0.25, 0.3) is 0 Å². The Kier molecular flexibility index (Phi) is 8.37. The molecule has 6 rings (SSSR count). The zero-order valence-corrected chi connectivity index (χ0v) is 22.7. The number of rotatable bonds is 7. The molecule has 37 heavy (non-hydrogen) atoms. The number of fused-ring (bicyclic) bond motifs is 1. The van der Waals surface area contributed by atoms with Gasteiger partial charge in [0.15, 0.2) is 0 Å². The van der Waals surface area contributed by atoms with Crippen LogP contribution in [0.25, 0.3) is 5.70 Å². The van der Waals surface area contributed by atoms with E-state index in [1.54, 1.807) is 11.3 Å². The van der Waals surface area contributed by atoms with Crippen molar-refractivity contribution in [3.8, 4) is 5.75 Å². The third-order valence-electron chi connectivity index (χ3n) is 7.85. The van der Waals surface area contributed by atoms with E-state index in [1.807, 2.05) is 7.05 Å². The molecule has 1 atom stereocenters. The van der Waals surface area contributed by atoms with Crippen molar-refractivity contribution in [2.45, 2.75) is 50.5 Å². The molecule has 1 aliphatic carbocycles. The molecular weight excluding hydrogens is 478 g/mol. The van der Waals surface area contributed by atoms with Gasteiger partial charge in [0.2, 0.25) is 0 Å². The maximum atomic E-state index is 11.0. The smallest absolute Gasteiger partial charge is 0.127 e. The molecule has 1 saturated carbocycles. The van der Waals surface area contributed by atoms with Crippen molar-refractivity contribution in [3.63, 3.8) is 0 Å². The fourth-order valence-corrected chi connectivity index (χ4v) is 6.26. The van der Waals surface area contributed by atoms with Crippen LogP contribution in [0.5, 0.6) is 5.75 Å². The summed E-state index contributed by atoms with van der Waals surface area (Å²) in [5.74, 6) is 1.75. The van der Waals surface area contributed by atoms with Crippen LogP contribution in [0.2, 0.25) is 0 Å². The normalized spacial score (nSPS) is 18.6. The molecule has 3 aliphatic rings. The number of benzene rings is 2. The third-order valence-corrected chi connectivity index (χ3v) is 8.55. The van der Waals surface area contributed by atoms with E-state index < -0.39 is 0 Å². The monoisotopic (exact) mass is 515 g/mol. The van der Waals surface area contributed by atoms with Gasteiger partial charge in [-0.3, -0.25) is 0 Å². The second kappa shape index (κ2) is 12.1. The minimum absolute atomic E-state index is 0.175. The topological polar surface area (TPSA) is 53.9 Å². The lowest BCUT2D eigenvalue weighted by atomic mass is 9.88. The van der Waals surface area contributed by atoms with Crippen molar-refractivity contribution in [2.24, 2.45) is 10.9 Å². The molecule has 1 N–H and O–H groups in total. The summed E-state index contributed by atoms with van der Waals surface area (Å²) < 4.78 is 6.12. The van der Waals surface area contributed by atoms with Crippen molar-refractivity contribution in [1.29, 1.82) is 0 Å². The molecule has 2 aliphatic heterocycles. The Morgan fingerprint density at radius 3 is 2.46 bits per heavy atom. The van der Waals surface area contributed by atoms with E-state index in [9.17, 15) is 4.79 Å². The average Bonchev–Trinajstić information content (AvgIpc) is 3.64. The second-order valence-corrected chi connectivity index (χ2v) is 11.1. The Hall–Kier alpha value is -2.96. The molecule has 2 fully saturated rings. The number of hydrogen-bond acceptors (Lipinski definition) is 6. The van der Waals surface area contributed by atoms with Crippen LogP contribution in [0.1, 0.15) is 55.6 Å². The number of nitrogens with zero attached hydrogens (tertiary/aromatic N) is 2. The maximum Gasteiger partial charge on any atom is 0.127 e. The molecule has 1 aromatic heterocycles. The predicted octanol–water partition coefficient (Wildman–Crippen LogP) is 5.21. The number of likely N-dealkylation sites (tertiary alicyclic amines) is 1. The highest BCUT2D eigenvalue weighted by Gasteiger charge is 2.26. The molecule has 194 valence electrons. The van der Waals surface area contributed by atoms with E-state index in [0.29, 0.717) is 12.0 Å². The van der Waals surface area contributed by atoms with E-state index in [0.717, 1.165) is 60.3 Å². The van der Waals surface area contributed by atoms with Crippen LogP contribution in [-0.2, 0) is 4.79 Å². The summed E-state index contributed by atoms with van der Waals surface area (Å²) in [6.07, 6.45) is 8.76. The summed E-state index contributed by atoms with van der Waals surface area (Å²) in [5, 5.41) is 9.62. The molecule has 0 amide bonds. The minimum atomic E-state index is 0.175. The number of carbonyl (C=O) groups is 1. The number of ether oxygens (including phenoxy) is 1. The Balaban J connectivity index is 0.000000182. The van der Waals surface area contributed by atoms with Crippen LogP contribution in [0.4, 0.5) is 5.69 Å². The molecular formula is C31H37N3O2S.